The van der Waals surface area contributed by atoms with Crippen molar-refractivity contribution in [1.29, 1.82) is 0 Å². The summed E-state index contributed by atoms with van der Waals surface area (Å²) >= 11 is 0. The van der Waals surface area contributed by atoms with Gasteiger partial charge in [0.25, 0.3) is 5.91 Å². The summed E-state index contributed by atoms with van der Waals surface area (Å²) in [6, 6.07) is 4.14. The van der Waals surface area contributed by atoms with Crippen LogP contribution >= 0.6 is 0 Å². The van der Waals surface area contributed by atoms with Crippen LogP contribution in [0.2, 0.25) is 0 Å². The molecule has 138 valence electrons. The molecule has 8 heteroatoms. The van der Waals surface area contributed by atoms with Gasteiger partial charge in [0.05, 0.1) is 11.0 Å². The maximum atomic E-state index is 14.5. The number of nitrogens with one attached hydrogen (secondary N) is 2. The molecule has 0 spiro atoms. The average molecular weight is 360 g/mol. The predicted molar refractivity (Wildman–Crippen MR) is 94.0 cm³/mol. The topological polar surface area (TPSA) is 85.1 Å². The van der Waals surface area contributed by atoms with Crippen LogP contribution in [0.15, 0.2) is 23.0 Å². The number of aromatic nitrogens is 2. The lowest BCUT2D eigenvalue weighted by molar-refractivity contribution is -0.135. The summed E-state index contributed by atoms with van der Waals surface area (Å²) in [7, 11) is 1.60. The molecule has 7 nitrogen and oxygen atoms in total. The number of alkyl halides is 1. The van der Waals surface area contributed by atoms with Crippen molar-refractivity contribution in [3.8, 4) is 0 Å². The third-order valence-corrected chi connectivity index (χ3v) is 5.42. The number of carbonyl (C=O) groups excluding carboxylic acids is 2. The van der Waals surface area contributed by atoms with E-state index >= 15 is 0 Å². The van der Waals surface area contributed by atoms with Gasteiger partial charge < -0.3 is 10.6 Å². The van der Waals surface area contributed by atoms with Gasteiger partial charge >= 0.3 is 5.69 Å². The fraction of sp³-hybridized carbons (Fsp3) is 0.500. The molecule has 0 aliphatic carbocycles. The van der Waals surface area contributed by atoms with Crippen molar-refractivity contribution in [2.75, 3.05) is 19.6 Å². The first-order valence-corrected chi connectivity index (χ1v) is 8.85. The number of benzene rings is 1. The summed E-state index contributed by atoms with van der Waals surface area (Å²) < 4.78 is 17.2. The number of rotatable bonds is 2. The number of hydrogen-bond donors (Lipinski definition) is 2. The molecule has 3 atom stereocenters. The number of amides is 1. The van der Waals surface area contributed by atoms with E-state index in [1.54, 1.807) is 19.2 Å². The second-order valence-corrected chi connectivity index (χ2v) is 6.95. The van der Waals surface area contributed by atoms with Gasteiger partial charge in [-0.3, -0.25) is 18.7 Å². The summed E-state index contributed by atoms with van der Waals surface area (Å²) in [6.45, 7) is 1.27. The molecule has 2 aliphatic heterocycles. The second kappa shape index (κ2) is 6.35. The van der Waals surface area contributed by atoms with Gasteiger partial charge in [0.1, 0.15) is 6.17 Å². The first-order valence-electron chi connectivity index (χ1n) is 8.85. The summed E-state index contributed by atoms with van der Waals surface area (Å²) in [5.74, 6) is -1.07. The van der Waals surface area contributed by atoms with Crippen LogP contribution in [0.5, 0.6) is 0 Å². The summed E-state index contributed by atoms with van der Waals surface area (Å²) in [5, 5.41) is 5.68. The summed E-state index contributed by atoms with van der Waals surface area (Å²) in [5.41, 5.74) is 1.40. The van der Waals surface area contributed by atoms with Crippen molar-refractivity contribution < 1.29 is 14.0 Å². The van der Waals surface area contributed by atoms with Crippen LogP contribution in [0.4, 0.5) is 4.39 Å². The standard InChI is InChI=1S/C18H21FN4O3/c1-22-15-11(10-5-7-20-9-12(10)19)3-2-4-13(15)23(18(22)26)16-14(24)6-8-21-17(16)25/h2-4,10,12,16,20H,5-9H2,1H3,(H,21,25). The smallest absolute Gasteiger partial charge is 0.329 e. The van der Waals surface area contributed by atoms with Crippen molar-refractivity contribution in [1.82, 2.24) is 19.8 Å². The van der Waals surface area contributed by atoms with Gasteiger partial charge in [0.2, 0.25) is 0 Å². The molecule has 26 heavy (non-hydrogen) atoms. The number of halogens is 1. The SMILES string of the molecule is Cn1c(=O)n(C2C(=O)CCNC2=O)c2cccc(C3CCNCC3F)c21. The summed E-state index contributed by atoms with van der Waals surface area (Å²) in [6.07, 6.45) is -0.227. The fourth-order valence-electron chi connectivity index (χ4n) is 4.14. The number of hydrogen-bond acceptors (Lipinski definition) is 4. The molecule has 1 aromatic carbocycles. The Morgan fingerprint density at radius 2 is 2.00 bits per heavy atom. The number of ketones is 1. The molecule has 3 unspecified atom stereocenters. The van der Waals surface area contributed by atoms with Crippen LogP contribution in [-0.2, 0) is 16.6 Å². The Morgan fingerprint density at radius 1 is 1.19 bits per heavy atom. The summed E-state index contributed by atoms with van der Waals surface area (Å²) in [4.78, 5) is 37.5. The highest BCUT2D eigenvalue weighted by atomic mass is 19.1. The van der Waals surface area contributed by atoms with Gasteiger partial charge in [0, 0.05) is 32.5 Å². The third kappa shape index (κ3) is 2.47. The Labute approximate surface area is 149 Å². The van der Waals surface area contributed by atoms with E-state index < -0.39 is 23.8 Å². The van der Waals surface area contributed by atoms with E-state index in [0.717, 1.165) is 5.56 Å². The van der Waals surface area contributed by atoms with E-state index in [1.165, 1.54) is 9.13 Å². The number of para-hydroxylation sites is 1. The zero-order chi connectivity index (χ0) is 18.4. The van der Waals surface area contributed by atoms with Crippen LogP contribution in [0.25, 0.3) is 11.0 Å². The second-order valence-electron chi connectivity index (χ2n) is 6.95. The van der Waals surface area contributed by atoms with Crippen molar-refractivity contribution in [2.45, 2.75) is 31.0 Å². The van der Waals surface area contributed by atoms with Gasteiger partial charge in [0.15, 0.2) is 11.8 Å². The van der Waals surface area contributed by atoms with E-state index in [-0.39, 0.29) is 31.2 Å². The lowest BCUT2D eigenvalue weighted by Crippen LogP contribution is -2.46. The Balaban J connectivity index is 1.93. The minimum absolute atomic E-state index is 0.194. The molecule has 4 rings (SSSR count). The number of Topliss-reactive ketones (excluding diaryl/α,β-unsaturated/α-hetero) is 1. The molecule has 2 N–H and O–H groups in total. The molecule has 2 aromatic rings. The molecule has 2 saturated heterocycles. The van der Waals surface area contributed by atoms with Gasteiger partial charge in [-0.05, 0) is 24.6 Å². The molecule has 3 heterocycles. The number of carbonyl (C=O) groups is 2. The Hall–Kier alpha value is -2.48. The Morgan fingerprint density at radius 3 is 2.73 bits per heavy atom. The number of aryl methyl sites for hydroxylation is 1. The highest BCUT2D eigenvalue weighted by molar-refractivity contribution is 6.06. The number of fused-ring (bicyclic) bond motifs is 1. The van der Waals surface area contributed by atoms with E-state index in [2.05, 4.69) is 10.6 Å². The van der Waals surface area contributed by atoms with Crippen molar-refractivity contribution in [3.63, 3.8) is 0 Å². The minimum atomic E-state index is -1.16. The maximum Gasteiger partial charge on any atom is 0.329 e. The van der Waals surface area contributed by atoms with Crippen molar-refractivity contribution >= 4 is 22.7 Å². The van der Waals surface area contributed by atoms with Crippen LogP contribution < -0.4 is 16.3 Å². The monoisotopic (exact) mass is 360 g/mol. The lowest BCUT2D eigenvalue weighted by Gasteiger charge is -2.27. The van der Waals surface area contributed by atoms with Gasteiger partial charge in [-0.25, -0.2) is 9.18 Å². The van der Waals surface area contributed by atoms with E-state index in [9.17, 15) is 18.8 Å². The molecule has 0 bridgehead atoms. The highest BCUT2D eigenvalue weighted by Gasteiger charge is 2.36. The van der Waals surface area contributed by atoms with Gasteiger partial charge in [-0.1, -0.05) is 12.1 Å². The molecule has 1 amide bonds. The quantitative estimate of drug-likeness (QED) is 0.759. The van der Waals surface area contributed by atoms with E-state index in [0.29, 0.717) is 24.0 Å². The highest BCUT2D eigenvalue weighted by Crippen LogP contribution is 2.33. The first kappa shape index (κ1) is 17.0. The van der Waals surface area contributed by atoms with Crippen molar-refractivity contribution in [3.05, 3.63) is 34.2 Å². The normalized spacial score (nSPS) is 26.9. The number of nitrogens with zero attached hydrogens (tertiary/aromatic N) is 2. The molecule has 0 saturated carbocycles. The molecule has 0 radical (unpaired) electrons. The predicted octanol–water partition coefficient (Wildman–Crippen LogP) is 0.385. The molecular weight excluding hydrogens is 339 g/mol. The zero-order valence-corrected chi connectivity index (χ0v) is 14.5. The fourth-order valence-corrected chi connectivity index (χ4v) is 4.14. The number of piperidine rings is 2. The average Bonchev–Trinajstić information content (AvgIpc) is 2.87. The molecule has 2 aliphatic rings. The zero-order valence-electron chi connectivity index (χ0n) is 14.5. The van der Waals surface area contributed by atoms with Crippen LogP contribution in [0.1, 0.15) is 30.4 Å². The lowest BCUT2D eigenvalue weighted by atomic mass is 9.88. The van der Waals surface area contributed by atoms with Crippen molar-refractivity contribution in [2.24, 2.45) is 7.05 Å². The Kier molecular flexibility index (Phi) is 4.14. The Bertz CT molecular complexity index is 932. The van der Waals surface area contributed by atoms with Gasteiger partial charge in [-0.15, -0.1) is 0 Å². The van der Waals surface area contributed by atoms with E-state index in [1.807, 2.05) is 6.07 Å². The van der Waals surface area contributed by atoms with E-state index in [4.69, 9.17) is 0 Å². The van der Waals surface area contributed by atoms with Crippen LogP contribution in [-0.4, -0.2) is 46.6 Å². The minimum Gasteiger partial charge on any atom is -0.353 e. The first-order chi connectivity index (χ1) is 12.5. The largest absolute Gasteiger partial charge is 0.353 e. The number of imidazole rings is 1. The van der Waals surface area contributed by atoms with Gasteiger partial charge in [-0.2, -0.15) is 0 Å². The van der Waals surface area contributed by atoms with Crippen LogP contribution in [0.3, 0.4) is 0 Å². The van der Waals surface area contributed by atoms with Crippen LogP contribution in [0, 0.1) is 0 Å². The molecule has 2 fully saturated rings. The maximum absolute atomic E-state index is 14.5. The third-order valence-electron chi connectivity index (χ3n) is 5.42. The molecular formula is C18H21FN4O3. The molecule has 1 aromatic heterocycles.